The zero-order chi connectivity index (χ0) is 17.9. The van der Waals surface area contributed by atoms with Crippen LogP contribution in [0.5, 0.6) is 0 Å². The monoisotopic (exact) mass is 347 g/mol. The highest BCUT2D eigenvalue weighted by Gasteiger charge is 2.30. The number of nitrogens with one attached hydrogen (secondary N) is 1. The summed E-state index contributed by atoms with van der Waals surface area (Å²) in [7, 11) is 0. The SMILES string of the molecule is O=C(O)c1ccccc1CN1CCc2[nH]cnc2[C@@H]1Cc1ccccc1. The Hall–Kier alpha value is -2.92. The fraction of sp³-hybridized carbons (Fsp3) is 0.238. The van der Waals surface area contributed by atoms with Gasteiger partial charge in [-0.15, -0.1) is 0 Å². The molecule has 2 N–H and O–H groups in total. The standard InChI is InChI=1S/C21H21N3O2/c25-21(26)17-9-5-4-8-16(17)13-24-11-10-18-20(23-14-22-18)19(24)12-15-6-2-1-3-7-15/h1-9,14,19H,10-13H2,(H,22,23)(H,25,26)/t19-/m0/s1. The molecule has 1 aliphatic rings. The Labute approximate surface area is 152 Å². The summed E-state index contributed by atoms with van der Waals surface area (Å²) in [5.41, 5.74) is 4.74. The van der Waals surface area contributed by atoms with Crippen molar-refractivity contribution < 1.29 is 9.90 Å². The number of aromatic nitrogens is 2. The number of hydrogen-bond donors (Lipinski definition) is 2. The van der Waals surface area contributed by atoms with Crippen LogP contribution < -0.4 is 0 Å². The molecule has 26 heavy (non-hydrogen) atoms. The highest BCUT2D eigenvalue weighted by Crippen LogP contribution is 2.32. The fourth-order valence-electron chi connectivity index (χ4n) is 3.74. The first-order valence-corrected chi connectivity index (χ1v) is 8.83. The number of H-pyrrole nitrogens is 1. The van der Waals surface area contributed by atoms with Crippen LogP contribution in [-0.2, 0) is 19.4 Å². The fourth-order valence-corrected chi connectivity index (χ4v) is 3.74. The third kappa shape index (κ3) is 3.26. The van der Waals surface area contributed by atoms with Crippen LogP contribution in [0.25, 0.3) is 0 Å². The molecule has 5 nitrogen and oxygen atoms in total. The lowest BCUT2D eigenvalue weighted by molar-refractivity contribution is 0.0693. The van der Waals surface area contributed by atoms with Crippen molar-refractivity contribution in [1.82, 2.24) is 14.9 Å². The van der Waals surface area contributed by atoms with Crippen LogP contribution in [0.15, 0.2) is 60.9 Å². The Kier molecular flexibility index (Phi) is 4.54. The van der Waals surface area contributed by atoms with Crippen molar-refractivity contribution in [2.75, 3.05) is 6.54 Å². The number of fused-ring (bicyclic) bond motifs is 1. The molecule has 2 heterocycles. The van der Waals surface area contributed by atoms with Crippen molar-refractivity contribution in [3.63, 3.8) is 0 Å². The van der Waals surface area contributed by atoms with Gasteiger partial charge in [-0.2, -0.15) is 0 Å². The van der Waals surface area contributed by atoms with Crippen molar-refractivity contribution in [3.8, 4) is 0 Å². The molecular weight excluding hydrogens is 326 g/mol. The molecule has 2 aromatic carbocycles. The maximum absolute atomic E-state index is 11.6. The summed E-state index contributed by atoms with van der Waals surface area (Å²) >= 11 is 0. The lowest BCUT2D eigenvalue weighted by Crippen LogP contribution is -2.36. The number of aromatic carboxylic acids is 1. The molecule has 0 saturated heterocycles. The lowest BCUT2D eigenvalue weighted by atomic mass is 9.95. The minimum atomic E-state index is -0.877. The van der Waals surface area contributed by atoms with Gasteiger partial charge in [-0.05, 0) is 23.6 Å². The van der Waals surface area contributed by atoms with Gasteiger partial charge in [-0.3, -0.25) is 4.90 Å². The van der Waals surface area contributed by atoms with Gasteiger partial charge in [0.2, 0.25) is 0 Å². The predicted molar refractivity (Wildman–Crippen MR) is 99.0 cm³/mol. The van der Waals surface area contributed by atoms with Gasteiger partial charge in [0.1, 0.15) is 0 Å². The van der Waals surface area contributed by atoms with Gasteiger partial charge in [0.25, 0.3) is 0 Å². The van der Waals surface area contributed by atoms with E-state index in [2.05, 4.69) is 27.0 Å². The van der Waals surface area contributed by atoms with Gasteiger partial charge in [-0.25, -0.2) is 9.78 Å². The normalized spacial score (nSPS) is 17.0. The molecule has 132 valence electrons. The average Bonchev–Trinajstić information content (AvgIpc) is 3.14. The number of hydrogen-bond acceptors (Lipinski definition) is 3. The molecule has 0 radical (unpaired) electrons. The van der Waals surface area contributed by atoms with Crippen LogP contribution >= 0.6 is 0 Å². The van der Waals surface area contributed by atoms with Crippen molar-refractivity contribution >= 4 is 5.97 Å². The Morgan fingerprint density at radius 2 is 1.92 bits per heavy atom. The molecule has 4 rings (SSSR count). The van der Waals surface area contributed by atoms with E-state index in [1.807, 2.05) is 30.3 Å². The number of imidazole rings is 1. The first-order chi connectivity index (χ1) is 12.7. The third-order valence-electron chi connectivity index (χ3n) is 5.05. The van der Waals surface area contributed by atoms with Gasteiger partial charge >= 0.3 is 5.97 Å². The largest absolute Gasteiger partial charge is 0.478 e. The van der Waals surface area contributed by atoms with E-state index in [-0.39, 0.29) is 6.04 Å². The molecule has 3 aromatic rings. The topological polar surface area (TPSA) is 69.2 Å². The Morgan fingerprint density at radius 3 is 2.73 bits per heavy atom. The van der Waals surface area contributed by atoms with E-state index in [0.29, 0.717) is 12.1 Å². The minimum Gasteiger partial charge on any atom is -0.478 e. The molecule has 1 aliphatic heterocycles. The number of carboxylic acid groups (broad SMARTS) is 1. The van der Waals surface area contributed by atoms with Crippen LogP contribution in [0.3, 0.4) is 0 Å². The predicted octanol–water partition coefficient (Wildman–Crippen LogP) is 3.45. The quantitative estimate of drug-likeness (QED) is 0.742. The van der Waals surface area contributed by atoms with E-state index in [0.717, 1.165) is 30.6 Å². The highest BCUT2D eigenvalue weighted by atomic mass is 16.4. The van der Waals surface area contributed by atoms with Crippen LogP contribution in [0, 0.1) is 0 Å². The van der Waals surface area contributed by atoms with Crippen molar-refractivity contribution in [2.24, 2.45) is 0 Å². The van der Waals surface area contributed by atoms with Crippen molar-refractivity contribution in [3.05, 3.63) is 89.0 Å². The molecular formula is C21H21N3O2. The molecule has 0 spiro atoms. The van der Waals surface area contributed by atoms with Crippen LogP contribution in [0.4, 0.5) is 0 Å². The molecule has 0 aliphatic carbocycles. The first kappa shape index (κ1) is 16.5. The number of nitrogens with zero attached hydrogens (tertiary/aromatic N) is 2. The van der Waals surface area contributed by atoms with E-state index in [4.69, 9.17) is 0 Å². The van der Waals surface area contributed by atoms with Crippen molar-refractivity contribution in [1.29, 1.82) is 0 Å². The zero-order valence-electron chi connectivity index (χ0n) is 14.4. The minimum absolute atomic E-state index is 0.134. The van der Waals surface area contributed by atoms with E-state index in [1.165, 1.54) is 11.3 Å². The summed E-state index contributed by atoms with van der Waals surface area (Å²) in [6.45, 7) is 1.48. The third-order valence-corrected chi connectivity index (χ3v) is 5.05. The van der Waals surface area contributed by atoms with E-state index >= 15 is 0 Å². The van der Waals surface area contributed by atoms with E-state index < -0.39 is 5.97 Å². The maximum Gasteiger partial charge on any atom is 0.336 e. The number of aromatic amines is 1. The molecule has 5 heteroatoms. The smallest absolute Gasteiger partial charge is 0.336 e. The first-order valence-electron chi connectivity index (χ1n) is 8.83. The number of carbonyl (C=O) groups is 1. The van der Waals surface area contributed by atoms with Gasteiger partial charge in [0.05, 0.1) is 23.6 Å². The van der Waals surface area contributed by atoms with Crippen LogP contribution in [0.1, 0.15) is 38.9 Å². The lowest BCUT2D eigenvalue weighted by Gasteiger charge is -2.35. The van der Waals surface area contributed by atoms with Gasteiger partial charge in [-0.1, -0.05) is 48.5 Å². The number of carboxylic acids is 1. The maximum atomic E-state index is 11.6. The van der Waals surface area contributed by atoms with Gasteiger partial charge in [0, 0.05) is 25.2 Å². The summed E-state index contributed by atoms with van der Waals surface area (Å²) in [5.74, 6) is -0.877. The number of rotatable bonds is 5. The molecule has 0 saturated carbocycles. The summed E-state index contributed by atoms with van der Waals surface area (Å²) in [4.78, 5) is 21.7. The number of benzene rings is 2. The van der Waals surface area contributed by atoms with Gasteiger partial charge in [0.15, 0.2) is 0 Å². The summed E-state index contributed by atoms with van der Waals surface area (Å²) in [5, 5.41) is 9.49. The summed E-state index contributed by atoms with van der Waals surface area (Å²) in [6, 6.07) is 17.8. The highest BCUT2D eigenvalue weighted by molar-refractivity contribution is 5.89. The molecule has 0 bridgehead atoms. The second kappa shape index (κ2) is 7.14. The molecule has 1 aromatic heterocycles. The van der Waals surface area contributed by atoms with E-state index in [1.54, 1.807) is 18.5 Å². The Balaban J connectivity index is 1.65. The average molecular weight is 347 g/mol. The second-order valence-corrected chi connectivity index (χ2v) is 6.65. The van der Waals surface area contributed by atoms with Crippen LogP contribution in [0.2, 0.25) is 0 Å². The molecule has 1 atom stereocenters. The molecule has 0 unspecified atom stereocenters. The van der Waals surface area contributed by atoms with Gasteiger partial charge < -0.3 is 10.1 Å². The molecule has 0 amide bonds. The second-order valence-electron chi connectivity index (χ2n) is 6.65. The zero-order valence-corrected chi connectivity index (χ0v) is 14.4. The summed E-state index contributed by atoms with van der Waals surface area (Å²) in [6.07, 6.45) is 3.52. The van der Waals surface area contributed by atoms with Crippen LogP contribution in [-0.4, -0.2) is 32.5 Å². The molecule has 0 fully saturated rings. The Morgan fingerprint density at radius 1 is 1.15 bits per heavy atom. The Bertz CT molecular complexity index is 904. The summed E-state index contributed by atoms with van der Waals surface area (Å²) < 4.78 is 0. The van der Waals surface area contributed by atoms with E-state index in [9.17, 15) is 9.90 Å². The van der Waals surface area contributed by atoms with Crippen molar-refractivity contribution in [2.45, 2.75) is 25.4 Å².